The summed E-state index contributed by atoms with van der Waals surface area (Å²) in [5.74, 6) is 0. The van der Waals surface area contributed by atoms with Crippen LogP contribution in [0.2, 0.25) is 10.0 Å². The first-order chi connectivity index (χ1) is 8.72. The molecule has 0 fully saturated rings. The fraction of sp³-hybridized carbons (Fsp3) is 0.214. The van der Waals surface area contributed by atoms with Crippen molar-refractivity contribution in [1.29, 1.82) is 0 Å². The minimum Gasteiger partial charge on any atom is -0.313 e. The van der Waals surface area contributed by atoms with Gasteiger partial charge in [-0.2, -0.15) is 0 Å². The molecule has 1 N–H and O–H groups in total. The van der Waals surface area contributed by atoms with E-state index in [4.69, 9.17) is 23.2 Å². The molecule has 0 spiro atoms. The average Bonchev–Trinajstić information content (AvgIpc) is 2.40. The summed E-state index contributed by atoms with van der Waals surface area (Å²) >= 11 is 12.4. The van der Waals surface area contributed by atoms with Crippen LogP contribution in [0.3, 0.4) is 0 Å². The number of halogens is 2. The van der Waals surface area contributed by atoms with Crippen LogP contribution in [-0.2, 0) is 6.42 Å². The highest BCUT2D eigenvalue weighted by molar-refractivity contribution is 6.36. The molecule has 18 heavy (non-hydrogen) atoms. The first-order valence-electron chi connectivity index (χ1n) is 5.72. The molecular formula is C14H14Cl2N2. The lowest BCUT2D eigenvalue weighted by atomic mass is 10.0. The Morgan fingerprint density at radius 3 is 2.44 bits per heavy atom. The predicted octanol–water partition coefficient (Wildman–Crippen LogP) is 3.89. The number of likely N-dealkylation sites (N-methyl/N-ethyl adjacent to an activating group) is 1. The Bertz CT molecular complexity index is 494. The zero-order chi connectivity index (χ0) is 13.0. The van der Waals surface area contributed by atoms with Crippen molar-refractivity contribution in [3.63, 3.8) is 0 Å². The largest absolute Gasteiger partial charge is 0.313 e. The van der Waals surface area contributed by atoms with Crippen molar-refractivity contribution in [1.82, 2.24) is 10.3 Å². The van der Waals surface area contributed by atoms with Crippen LogP contribution < -0.4 is 5.32 Å². The molecule has 0 bridgehead atoms. The van der Waals surface area contributed by atoms with E-state index in [1.165, 1.54) is 0 Å². The Kier molecular flexibility index (Phi) is 4.59. The number of pyridine rings is 1. The molecule has 1 aromatic carbocycles. The Labute approximate surface area is 117 Å². The Hall–Kier alpha value is -1.09. The minimum absolute atomic E-state index is 0.149. The topological polar surface area (TPSA) is 24.9 Å². The van der Waals surface area contributed by atoms with Crippen molar-refractivity contribution in [2.75, 3.05) is 7.05 Å². The van der Waals surface area contributed by atoms with E-state index in [0.29, 0.717) is 10.0 Å². The molecule has 2 nitrogen and oxygen atoms in total. The van der Waals surface area contributed by atoms with Gasteiger partial charge in [0.25, 0.3) is 0 Å². The molecule has 0 aliphatic rings. The van der Waals surface area contributed by atoms with E-state index >= 15 is 0 Å². The molecule has 0 aliphatic carbocycles. The van der Waals surface area contributed by atoms with E-state index < -0.39 is 0 Å². The van der Waals surface area contributed by atoms with Crippen LogP contribution in [0, 0.1) is 0 Å². The molecule has 0 radical (unpaired) electrons. The first-order valence-corrected chi connectivity index (χ1v) is 6.48. The van der Waals surface area contributed by atoms with E-state index in [0.717, 1.165) is 17.5 Å². The number of nitrogens with zero attached hydrogens (tertiary/aromatic N) is 1. The van der Waals surface area contributed by atoms with Crippen molar-refractivity contribution in [2.24, 2.45) is 0 Å². The highest BCUT2D eigenvalue weighted by Gasteiger charge is 2.14. The van der Waals surface area contributed by atoms with Crippen molar-refractivity contribution in [3.8, 4) is 0 Å². The third kappa shape index (κ3) is 3.02. The summed E-state index contributed by atoms with van der Waals surface area (Å²) < 4.78 is 0. The number of hydrogen-bond acceptors (Lipinski definition) is 2. The monoisotopic (exact) mass is 280 g/mol. The highest BCUT2D eigenvalue weighted by atomic mass is 35.5. The Morgan fingerprint density at radius 1 is 1.17 bits per heavy atom. The standard InChI is InChI=1S/C14H14Cl2N2/c1-17-14(10-4-3-7-18-9-10)8-11-12(15)5-2-6-13(11)16/h2-7,9,14,17H,8H2,1H3. The Morgan fingerprint density at radius 2 is 1.89 bits per heavy atom. The number of rotatable bonds is 4. The zero-order valence-corrected chi connectivity index (χ0v) is 11.5. The number of nitrogens with one attached hydrogen (secondary N) is 1. The van der Waals surface area contributed by atoms with Gasteiger partial charge in [-0.15, -0.1) is 0 Å². The van der Waals surface area contributed by atoms with Gasteiger partial charge < -0.3 is 5.32 Å². The number of hydrogen-bond donors (Lipinski definition) is 1. The van der Waals surface area contributed by atoms with Gasteiger partial charge >= 0.3 is 0 Å². The van der Waals surface area contributed by atoms with Crippen molar-refractivity contribution >= 4 is 23.2 Å². The Balaban J connectivity index is 2.26. The van der Waals surface area contributed by atoms with Crippen LogP contribution in [0.4, 0.5) is 0 Å². The molecule has 0 saturated heterocycles. The van der Waals surface area contributed by atoms with Gasteiger partial charge in [0.15, 0.2) is 0 Å². The van der Waals surface area contributed by atoms with Crippen LogP contribution in [-0.4, -0.2) is 12.0 Å². The summed E-state index contributed by atoms with van der Waals surface area (Å²) in [6, 6.07) is 9.69. The van der Waals surface area contributed by atoms with Gasteiger partial charge in [0, 0.05) is 28.5 Å². The van der Waals surface area contributed by atoms with E-state index in [1.54, 1.807) is 6.20 Å². The van der Waals surface area contributed by atoms with E-state index in [1.807, 2.05) is 43.6 Å². The third-order valence-electron chi connectivity index (χ3n) is 2.91. The van der Waals surface area contributed by atoms with Crippen LogP contribution in [0.25, 0.3) is 0 Å². The lowest BCUT2D eigenvalue weighted by Crippen LogP contribution is -2.19. The molecule has 1 aromatic heterocycles. The maximum absolute atomic E-state index is 6.19. The molecule has 1 heterocycles. The zero-order valence-electron chi connectivity index (χ0n) is 10.0. The lowest BCUT2D eigenvalue weighted by molar-refractivity contribution is 0.590. The molecular weight excluding hydrogens is 267 g/mol. The fourth-order valence-electron chi connectivity index (χ4n) is 1.90. The van der Waals surface area contributed by atoms with Crippen LogP contribution in [0.1, 0.15) is 17.2 Å². The molecule has 0 aliphatic heterocycles. The molecule has 0 saturated carbocycles. The summed E-state index contributed by atoms with van der Waals surface area (Å²) in [5.41, 5.74) is 2.08. The quantitative estimate of drug-likeness (QED) is 0.919. The van der Waals surface area contributed by atoms with Gasteiger partial charge in [-0.3, -0.25) is 4.98 Å². The van der Waals surface area contributed by atoms with E-state index in [2.05, 4.69) is 10.3 Å². The number of aromatic nitrogens is 1. The van der Waals surface area contributed by atoms with Gasteiger partial charge in [-0.1, -0.05) is 35.3 Å². The van der Waals surface area contributed by atoms with Crippen LogP contribution in [0.5, 0.6) is 0 Å². The first kappa shape index (κ1) is 13.3. The SMILES string of the molecule is CNC(Cc1c(Cl)cccc1Cl)c1cccnc1. The molecule has 2 rings (SSSR count). The number of benzene rings is 1. The van der Waals surface area contributed by atoms with Gasteiger partial charge in [0.1, 0.15) is 0 Å². The normalized spacial score (nSPS) is 12.4. The van der Waals surface area contributed by atoms with Gasteiger partial charge in [0.05, 0.1) is 0 Å². The summed E-state index contributed by atoms with van der Waals surface area (Å²) in [7, 11) is 1.92. The van der Waals surface area contributed by atoms with Crippen molar-refractivity contribution in [2.45, 2.75) is 12.5 Å². The molecule has 2 aromatic rings. The summed E-state index contributed by atoms with van der Waals surface area (Å²) in [5, 5.41) is 4.67. The smallest absolute Gasteiger partial charge is 0.0453 e. The second-order valence-corrected chi connectivity index (χ2v) is 4.85. The maximum atomic E-state index is 6.19. The molecule has 1 atom stereocenters. The van der Waals surface area contributed by atoms with Gasteiger partial charge in [0.2, 0.25) is 0 Å². The summed E-state index contributed by atoms with van der Waals surface area (Å²) in [6.07, 6.45) is 4.35. The van der Waals surface area contributed by atoms with E-state index in [-0.39, 0.29) is 6.04 Å². The van der Waals surface area contributed by atoms with Gasteiger partial charge in [-0.05, 0) is 42.8 Å². The molecule has 94 valence electrons. The average molecular weight is 281 g/mol. The van der Waals surface area contributed by atoms with Gasteiger partial charge in [-0.25, -0.2) is 0 Å². The van der Waals surface area contributed by atoms with Crippen LogP contribution >= 0.6 is 23.2 Å². The maximum Gasteiger partial charge on any atom is 0.0453 e. The molecule has 4 heteroatoms. The summed E-state index contributed by atoms with van der Waals surface area (Å²) in [6.45, 7) is 0. The minimum atomic E-state index is 0.149. The highest BCUT2D eigenvalue weighted by Crippen LogP contribution is 2.28. The molecule has 0 amide bonds. The van der Waals surface area contributed by atoms with Crippen LogP contribution in [0.15, 0.2) is 42.7 Å². The lowest BCUT2D eigenvalue weighted by Gasteiger charge is -2.17. The molecule has 1 unspecified atom stereocenters. The second-order valence-electron chi connectivity index (χ2n) is 4.03. The van der Waals surface area contributed by atoms with Crippen molar-refractivity contribution < 1.29 is 0 Å². The van der Waals surface area contributed by atoms with Crippen molar-refractivity contribution in [3.05, 3.63) is 63.9 Å². The third-order valence-corrected chi connectivity index (χ3v) is 3.61. The summed E-state index contributed by atoms with van der Waals surface area (Å²) in [4.78, 5) is 4.13. The van der Waals surface area contributed by atoms with E-state index in [9.17, 15) is 0 Å². The second kappa shape index (κ2) is 6.19. The predicted molar refractivity (Wildman–Crippen MR) is 76.2 cm³/mol. The fourth-order valence-corrected chi connectivity index (χ4v) is 2.45.